The third-order valence-electron chi connectivity index (χ3n) is 3.32. The van der Waals surface area contributed by atoms with Crippen molar-refractivity contribution in [2.75, 3.05) is 26.8 Å². The van der Waals surface area contributed by atoms with Gasteiger partial charge in [-0.15, -0.1) is 0 Å². The lowest BCUT2D eigenvalue weighted by Gasteiger charge is -2.33. The van der Waals surface area contributed by atoms with Crippen LogP contribution in [0.15, 0.2) is 28.9 Å². The number of carbonyl (C=O) groups is 1. The van der Waals surface area contributed by atoms with E-state index in [1.54, 1.807) is 25.3 Å². The summed E-state index contributed by atoms with van der Waals surface area (Å²) in [5.41, 5.74) is 0. The minimum absolute atomic E-state index is 0.133. The van der Waals surface area contributed by atoms with Crippen molar-refractivity contribution in [3.05, 3.63) is 30.2 Å². The summed E-state index contributed by atoms with van der Waals surface area (Å²) >= 11 is 0. The van der Waals surface area contributed by atoms with Crippen LogP contribution in [0.25, 0.3) is 6.08 Å². The molecule has 6 heteroatoms. The first-order valence-corrected chi connectivity index (χ1v) is 6.48. The van der Waals surface area contributed by atoms with Crippen LogP contribution >= 0.6 is 0 Å². The molecule has 3 atom stereocenters. The molecule has 0 radical (unpaired) electrons. The average molecular weight is 281 g/mol. The Balaban J connectivity index is 1.87. The molecule has 1 amide bonds. The highest BCUT2D eigenvalue weighted by Crippen LogP contribution is 2.16. The van der Waals surface area contributed by atoms with Crippen LogP contribution < -0.4 is 0 Å². The van der Waals surface area contributed by atoms with E-state index >= 15 is 0 Å². The Labute approximate surface area is 117 Å². The predicted octanol–water partition coefficient (Wildman–Crippen LogP) is 0.119. The van der Waals surface area contributed by atoms with Crippen molar-refractivity contribution < 1.29 is 24.2 Å². The third kappa shape index (κ3) is 3.69. The first kappa shape index (κ1) is 14.8. The van der Waals surface area contributed by atoms with E-state index in [9.17, 15) is 15.0 Å². The Hall–Kier alpha value is -1.63. The lowest BCUT2D eigenvalue weighted by Crippen LogP contribution is -2.48. The minimum atomic E-state index is -0.893. The zero-order chi connectivity index (χ0) is 14.5. The molecule has 1 aliphatic heterocycles. The second-order valence-electron chi connectivity index (χ2n) is 4.92. The summed E-state index contributed by atoms with van der Waals surface area (Å²) in [4.78, 5) is 13.4. The van der Waals surface area contributed by atoms with Crippen LogP contribution in [0.2, 0.25) is 0 Å². The van der Waals surface area contributed by atoms with Gasteiger partial charge >= 0.3 is 0 Å². The van der Waals surface area contributed by atoms with Crippen LogP contribution in [-0.4, -0.2) is 60.0 Å². The van der Waals surface area contributed by atoms with Gasteiger partial charge in [-0.2, -0.15) is 0 Å². The number of carbonyl (C=O) groups excluding carboxylic acids is 1. The van der Waals surface area contributed by atoms with Crippen LogP contribution in [0.3, 0.4) is 0 Å². The number of likely N-dealkylation sites (N-methyl/N-ethyl adjacent to an activating group) is 1. The monoisotopic (exact) mass is 281 g/mol. The van der Waals surface area contributed by atoms with Crippen molar-refractivity contribution in [2.24, 2.45) is 5.92 Å². The zero-order valence-corrected chi connectivity index (χ0v) is 11.3. The molecule has 2 heterocycles. The number of ether oxygens (including phenoxy) is 1. The maximum atomic E-state index is 11.9. The first-order chi connectivity index (χ1) is 9.58. The van der Waals surface area contributed by atoms with E-state index in [2.05, 4.69) is 0 Å². The zero-order valence-electron chi connectivity index (χ0n) is 11.3. The Morgan fingerprint density at radius 3 is 3.00 bits per heavy atom. The van der Waals surface area contributed by atoms with Crippen molar-refractivity contribution in [3.8, 4) is 0 Å². The fraction of sp³-hybridized carbons (Fsp3) is 0.500. The topological polar surface area (TPSA) is 83.1 Å². The standard InChI is InChI=1S/C14H19NO5/c1-15(7-10-8-19-9-12(16)14(10)18)13(17)5-4-11-3-2-6-20-11/h2-6,10,12,14,16,18H,7-9H2,1H3/b5-4+/t10-,12-,14+/m1/s1. The molecule has 1 saturated heterocycles. The SMILES string of the molecule is CN(C[C@@H]1COC[C@@H](O)[C@H]1O)C(=O)/C=C/c1ccco1. The van der Waals surface area contributed by atoms with Gasteiger partial charge in [0.05, 0.1) is 25.6 Å². The highest BCUT2D eigenvalue weighted by Gasteiger charge is 2.32. The van der Waals surface area contributed by atoms with E-state index in [-0.39, 0.29) is 18.4 Å². The molecule has 6 nitrogen and oxygen atoms in total. The molecule has 1 aromatic rings. The maximum Gasteiger partial charge on any atom is 0.246 e. The molecule has 2 N–H and O–H groups in total. The van der Waals surface area contributed by atoms with Gasteiger partial charge in [-0.3, -0.25) is 4.79 Å². The molecule has 0 saturated carbocycles. The molecule has 0 aromatic carbocycles. The highest BCUT2D eigenvalue weighted by molar-refractivity contribution is 5.91. The van der Waals surface area contributed by atoms with E-state index in [4.69, 9.17) is 9.15 Å². The van der Waals surface area contributed by atoms with Gasteiger partial charge in [0.1, 0.15) is 11.9 Å². The van der Waals surface area contributed by atoms with Crippen LogP contribution in [0.1, 0.15) is 5.76 Å². The molecule has 1 fully saturated rings. The highest BCUT2D eigenvalue weighted by atomic mass is 16.5. The van der Waals surface area contributed by atoms with Crippen LogP contribution in [0.5, 0.6) is 0 Å². The smallest absolute Gasteiger partial charge is 0.246 e. The largest absolute Gasteiger partial charge is 0.465 e. The summed E-state index contributed by atoms with van der Waals surface area (Å²) in [5.74, 6) is 0.113. The number of furan rings is 1. The number of hydrogen-bond donors (Lipinski definition) is 2. The Bertz CT molecular complexity index is 456. The molecule has 2 rings (SSSR count). The number of nitrogens with zero attached hydrogens (tertiary/aromatic N) is 1. The number of rotatable bonds is 4. The Kier molecular flexibility index (Phi) is 4.94. The van der Waals surface area contributed by atoms with Gasteiger partial charge in [0.25, 0.3) is 0 Å². The maximum absolute atomic E-state index is 11.9. The molecule has 0 aliphatic carbocycles. The number of aliphatic hydroxyl groups is 2. The van der Waals surface area contributed by atoms with Gasteiger partial charge in [0.15, 0.2) is 0 Å². The van der Waals surface area contributed by atoms with E-state index < -0.39 is 12.2 Å². The summed E-state index contributed by atoms with van der Waals surface area (Å²) in [6.07, 6.45) is 2.77. The normalized spacial score (nSPS) is 26.9. The average Bonchev–Trinajstić information content (AvgIpc) is 2.94. The van der Waals surface area contributed by atoms with E-state index in [1.165, 1.54) is 17.2 Å². The van der Waals surface area contributed by atoms with Crippen molar-refractivity contribution >= 4 is 12.0 Å². The van der Waals surface area contributed by atoms with Crippen molar-refractivity contribution in [1.82, 2.24) is 4.90 Å². The predicted molar refractivity (Wildman–Crippen MR) is 71.7 cm³/mol. The van der Waals surface area contributed by atoms with Crippen LogP contribution in [0, 0.1) is 5.92 Å². The van der Waals surface area contributed by atoms with E-state index in [1.807, 2.05) is 0 Å². The molecule has 110 valence electrons. The van der Waals surface area contributed by atoms with Gasteiger partial charge in [-0.1, -0.05) is 0 Å². The summed E-state index contributed by atoms with van der Waals surface area (Å²) < 4.78 is 10.3. The van der Waals surface area contributed by atoms with Crippen LogP contribution in [-0.2, 0) is 9.53 Å². The van der Waals surface area contributed by atoms with Gasteiger partial charge in [-0.25, -0.2) is 0 Å². The molecule has 1 aliphatic rings. The lowest BCUT2D eigenvalue weighted by molar-refractivity contribution is -0.136. The molecule has 0 spiro atoms. The van der Waals surface area contributed by atoms with Gasteiger partial charge < -0.3 is 24.3 Å². The summed E-state index contributed by atoms with van der Waals surface area (Å²) in [7, 11) is 1.64. The van der Waals surface area contributed by atoms with Gasteiger partial charge in [0.2, 0.25) is 5.91 Å². The molecular weight excluding hydrogens is 262 g/mol. The molecule has 20 heavy (non-hydrogen) atoms. The Morgan fingerprint density at radius 2 is 2.30 bits per heavy atom. The second kappa shape index (κ2) is 6.69. The second-order valence-corrected chi connectivity index (χ2v) is 4.92. The summed E-state index contributed by atoms with van der Waals surface area (Å²) in [6, 6.07) is 3.49. The quantitative estimate of drug-likeness (QED) is 0.766. The van der Waals surface area contributed by atoms with E-state index in [0.717, 1.165) is 0 Å². The summed E-state index contributed by atoms with van der Waals surface area (Å²) in [5, 5.41) is 19.4. The number of amides is 1. The Morgan fingerprint density at radius 1 is 1.50 bits per heavy atom. The first-order valence-electron chi connectivity index (χ1n) is 6.48. The minimum Gasteiger partial charge on any atom is -0.465 e. The van der Waals surface area contributed by atoms with Crippen molar-refractivity contribution in [1.29, 1.82) is 0 Å². The van der Waals surface area contributed by atoms with Gasteiger partial charge in [0, 0.05) is 25.6 Å². The molecular formula is C14H19NO5. The van der Waals surface area contributed by atoms with Crippen molar-refractivity contribution in [2.45, 2.75) is 12.2 Å². The van der Waals surface area contributed by atoms with Gasteiger partial charge in [-0.05, 0) is 18.2 Å². The molecule has 1 aromatic heterocycles. The summed E-state index contributed by atoms with van der Waals surface area (Å²) in [6.45, 7) is 0.783. The van der Waals surface area contributed by atoms with Crippen LogP contribution in [0.4, 0.5) is 0 Å². The number of hydrogen-bond acceptors (Lipinski definition) is 5. The molecule has 0 unspecified atom stereocenters. The number of aliphatic hydroxyl groups excluding tert-OH is 2. The lowest BCUT2D eigenvalue weighted by atomic mass is 9.96. The third-order valence-corrected chi connectivity index (χ3v) is 3.32. The fourth-order valence-corrected chi connectivity index (χ4v) is 2.12. The fourth-order valence-electron chi connectivity index (χ4n) is 2.12. The van der Waals surface area contributed by atoms with Crippen molar-refractivity contribution in [3.63, 3.8) is 0 Å². The van der Waals surface area contributed by atoms with E-state index in [0.29, 0.717) is 18.9 Å². The molecule has 0 bridgehead atoms.